The molecule has 0 saturated carbocycles. The zero-order valence-corrected chi connectivity index (χ0v) is 19.0. The second-order valence-electron chi connectivity index (χ2n) is 5.75. The molecule has 0 saturated heterocycles. The van der Waals surface area contributed by atoms with Crippen molar-refractivity contribution in [3.05, 3.63) is 0 Å². The number of aliphatic hydroxyl groups is 1. The van der Waals surface area contributed by atoms with Crippen LogP contribution in [0.2, 0.25) is 0 Å². The Bertz CT molecular complexity index is 787. The Morgan fingerprint density at radius 2 is 1.14 bits per heavy atom. The van der Waals surface area contributed by atoms with Gasteiger partial charge in [0.25, 0.3) is 0 Å². The average Bonchev–Trinajstić information content (AvgIpc) is 2.32. The largest absolute Gasteiger partial charge is 1.00 e. The Morgan fingerprint density at radius 3 is 1.41 bits per heavy atom. The fourth-order valence-corrected chi connectivity index (χ4v) is 4.69. The third-order valence-electron chi connectivity index (χ3n) is 2.44. The molecule has 1 atom stereocenters. The standard InChI is InChI=1S/C7H17NO5S2.C4H10O5S2.2CH4.Li/c1-7(9)6-8-15(12,13)5-3-4-14(2,10)11;1-10(5,6)3-2-4-11(7,8)9;;;/h7-9H,3-6H2,1-2H3;2-4H2,1H3,(H,7,8,9);2*1H4;/q;;;;+1/p-1. The van der Waals surface area contributed by atoms with Gasteiger partial charge in [0.2, 0.25) is 10.0 Å². The van der Waals surface area contributed by atoms with Gasteiger partial charge < -0.3 is 9.66 Å². The number of hydrogen-bond acceptors (Lipinski definition) is 10. The maximum absolute atomic E-state index is 11.2. The monoisotopic (exact) mass is 499 g/mol. The van der Waals surface area contributed by atoms with Crippen molar-refractivity contribution in [3.8, 4) is 0 Å². The van der Waals surface area contributed by atoms with Crippen LogP contribution in [0.1, 0.15) is 34.6 Å². The molecule has 176 valence electrons. The molecular formula is C13H34LiNO10S4. The summed E-state index contributed by atoms with van der Waals surface area (Å²) in [5, 5.41) is 8.85. The molecule has 0 radical (unpaired) electrons. The van der Waals surface area contributed by atoms with E-state index in [-0.39, 0.29) is 70.4 Å². The molecule has 0 spiro atoms. The molecule has 0 amide bonds. The van der Waals surface area contributed by atoms with Crippen LogP contribution in [0.4, 0.5) is 0 Å². The molecule has 0 fully saturated rings. The van der Waals surface area contributed by atoms with E-state index in [9.17, 15) is 38.2 Å². The summed E-state index contributed by atoms with van der Waals surface area (Å²) in [5.74, 6) is -1.26. The minimum absolute atomic E-state index is 0. The topological polar surface area (TPSA) is 192 Å². The molecule has 0 aromatic rings. The van der Waals surface area contributed by atoms with Crippen LogP contribution in [0.5, 0.6) is 0 Å². The molecular weight excluding hydrogens is 465 g/mol. The summed E-state index contributed by atoms with van der Waals surface area (Å²) < 4.78 is 96.8. The first-order valence-corrected chi connectivity index (χ1v) is 14.6. The maximum atomic E-state index is 11.2. The van der Waals surface area contributed by atoms with E-state index in [0.717, 1.165) is 12.5 Å². The fraction of sp³-hybridized carbons (Fsp3) is 1.00. The van der Waals surface area contributed by atoms with E-state index in [2.05, 4.69) is 4.72 Å². The second-order valence-corrected chi connectivity index (χ2v) is 13.7. The van der Waals surface area contributed by atoms with E-state index in [0.29, 0.717) is 0 Å². The molecule has 29 heavy (non-hydrogen) atoms. The summed E-state index contributed by atoms with van der Waals surface area (Å²) in [7, 11) is -14.0. The smallest absolute Gasteiger partial charge is 0.748 e. The van der Waals surface area contributed by atoms with Crippen LogP contribution in [-0.4, -0.2) is 91.5 Å². The van der Waals surface area contributed by atoms with Crippen LogP contribution >= 0.6 is 0 Å². The Balaban J connectivity index is -0.000000124. The number of hydrogen-bond donors (Lipinski definition) is 2. The molecule has 0 heterocycles. The summed E-state index contributed by atoms with van der Waals surface area (Å²) in [6, 6.07) is 0. The first-order valence-electron chi connectivity index (χ1n) is 7.27. The first-order chi connectivity index (χ1) is 11.3. The van der Waals surface area contributed by atoms with Gasteiger partial charge in [0.1, 0.15) is 19.7 Å². The number of rotatable bonds is 11. The molecule has 0 aromatic heterocycles. The van der Waals surface area contributed by atoms with Gasteiger partial charge in [-0.25, -0.2) is 38.4 Å². The van der Waals surface area contributed by atoms with Crippen molar-refractivity contribution in [1.82, 2.24) is 4.72 Å². The van der Waals surface area contributed by atoms with Gasteiger partial charge in [-0.05, 0) is 19.8 Å². The zero-order valence-electron chi connectivity index (χ0n) is 15.8. The molecule has 0 aliphatic rings. The van der Waals surface area contributed by atoms with E-state index in [1.807, 2.05) is 0 Å². The van der Waals surface area contributed by atoms with Crippen LogP contribution in [0.15, 0.2) is 0 Å². The minimum atomic E-state index is -4.26. The van der Waals surface area contributed by atoms with Crippen molar-refractivity contribution in [1.29, 1.82) is 0 Å². The third-order valence-corrected chi connectivity index (χ3v) is 6.72. The summed E-state index contributed by atoms with van der Waals surface area (Å²) in [6.07, 6.45) is 1.24. The van der Waals surface area contributed by atoms with Crippen LogP contribution in [0.25, 0.3) is 0 Å². The van der Waals surface area contributed by atoms with E-state index in [4.69, 9.17) is 5.11 Å². The normalized spacial score (nSPS) is 12.9. The van der Waals surface area contributed by atoms with Gasteiger partial charge in [-0.1, -0.05) is 14.9 Å². The number of nitrogens with one attached hydrogen (secondary N) is 1. The Labute approximate surface area is 188 Å². The fourth-order valence-electron chi connectivity index (χ4n) is 1.33. The predicted molar refractivity (Wildman–Crippen MR) is 110 cm³/mol. The number of sulfonamides is 1. The zero-order chi connectivity index (χ0) is 21.2. The van der Waals surface area contributed by atoms with E-state index in [1.54, 1.807) is 0 Å². The average molecular weight is 500 g/mol. The van der Waals surface area contributed by atoms with Gasteiger partial charge in [-0.15, -0.1) is 0 Å². The van der Waals surface area contributed by atoms with Crippen molar-refractivity contribution in [2.45, 2.75) is 40.7 Å². The molecule has 2 N–H and O–H groups in total. The number of aliphatic hydroxyl groups excluding tert-OH is 1. The van der Waals surface area contributed by atoms with Gasteiger partial charge in [0.05, 0.1) is 33.5 Å². The maximum Gasteiger partial charge on any atom is 1.00 e. The molecule has 0 aliphatic heterocycles. The summed E-state index contributed by atoms with van der Waals surface area (Å²) >= 11 is 0. The van der Waals surface area contributed by atoms with Crippen LogP contribution in [-0.2, 0) is 39.8 Å². The Hall–Kier alpha value is 0.277. The van der Waals surface area contributed by atoms with E-state index >= 15 is 0 Å². The van der Waals surface area contributed by atoms with Crippen molar-refractivity contribution < 1.29 is 62.2 Å². The molecule has 16 heteroatoms. The predicted octanol–water partition coefficient (Wildman–Crippen LogP) is -4.04. The second kappa shape index (κ2) is 16.9. The quantitative estimate of drug-likeness (QED) is 0.209. The molecule has 0 aromatic carbocycles. The van der Waals surface area contributed by atoms with Gasteiger partial charge in [-0.3, -0.25) is 0 Å². The van der Waals surface area contributed by atoms with E-state index in [1.165, 1.54) is 6.92 Å². The first kappa shape index (κ1) is 39.7. The van der Waals surface area contributed by atoms with E-state index < -0.39 is 51.7 Å². The van der Waals surface area contributed by atoms with Gasteiger partial charge in [0, 0.05) is 24.8 Å². The van der Waals surface area contributed by atoms with Crippen molar-refractivity contribution in [3.63, 3.8) is 0 Å². The SMILES string of the molecule is C.C.CC(O)CNS(=O)(=O)CCCS(C)(=O)=O.CS(=O)(=O)CCCS(=O)(=O)[O-].[Li+]. The summed E-state index contributed by atoms with van der Waals surface area (Å²) in [4.78, 5) is 0. The molecule has 0 bridgehead atoms. The van der Waals surface area contributed by atoms with Crippen molar-refractivity contribution in [2.24, 2.45) is 0 Å². The van der Waals surface area contributed by atoms with Gasteiger partial charge in [0.15, 0.2) is 0 Å². The van der Waals surface area contributed by atoms with Gasteiger partial charge >= 0.3 is 18.9 Å². The van der Waals surface area contributed by atoms with Gasteiger partial charge in [-0.2, -0.15) is 0 Å². The molecule has 0 rings (SSSR count). The van der Waals surface area contributed by atoms with Crippen LogP contribution < -0.4 is 23.6 Å². The number of sulfone groups is 2. The minimum Gasteiger partial charge on any atom is -0.748 e. The Kier molecular flexibility index (Phi) is 23.2. The summed E-state index contributed by atoms with van der Waals surface area (Å²) in [5.41, 5.74) is 0. The van der Waals surface area contributed by atoms with Crippen molar-refractivity contribution in [2.75, 3.05) is 42.1 Å². The Morgan fingerprint density at radius 1 is 0.793 bits per heavy atom. The van der Waals surface area contributed by atoms with Crippen LogP contribution in [0, 0.1) is 0 Å². The third kappa shape index (κ3) is 39.3. The van der Waals surface area contributed by atoms with Crippen LogP contribution in [0.3, 0.4) is 0 Å². The van der Waals surface area contributed by atoms with Crippen molar-refractivity contribution >= 4 is 39.8 Å². The summed E-state index contributed by atoms with van der Waals surface area (Å²) in [6.45, 7) is 1.40. The molecule has 11 nitrogen and oxygen atoms in total. The molecule has 1 unspecified atom stereocenters. The molecule has 0 aliphatic carbocycles.